The number of hydroxylamine groups is 3. The maximum absolute atomic E-state index is 11.0. The molecule has 0 spiro atoms. The first-order valence-electron chi connectivity index (χ1n) is 6.14. The van der Waals surface area contributed by atoms with Gasteiger partial charge in [0.25, 0.3) is 0 Å². The highest BCUT2D eigenvalue weighted by atomic mass is 16.6. The van der Waals surface area contributed by atoms with Crippen LogP contribution in [0.15, 0.2) is 0 Å². The van der Waals surface area contributed by atoms with Gasteiger partial charge in [-0.2, -0.15) is 0 Å². The molecule has 1 fully saturated rings. The lowest BCUT2D eigenvalue weighted by Gasteiger charge is -2.41. The summed E-state index contributed by atoms with van der Waals surface area (Å²) in [6.45, 7) is 2.17. The normalized spacial score (nSPS) is 21.7. The van der Waals surface area contributed by atoms with E-state index in [2.05, 4.69) is 0 Å². The van der Waals surface area contributed by atoms with E-state index in [0.717, 1.165) is 0 Å². The average molecular weight is 267 g/mol. The van der Waals surface area contributed by atoms with Crippen molar-refractivity contribution < 1.29 is 29.8 Å². The highest BCUT2D eigenvalue weighted by Crippen LogP contribution is 2.02. The van der Waals surface area contributed by atoms with E-state index < -0.39 is 12.2 Å². The highest BCUT2D eigenvalue weighted by molar-refractivity contribution is 4.65. The van der Waals surface area contributed by atoms with Gasteiger partial charge in [-0.25, -0.2) is 0 Å². The average Bonchev–Trinajstić information content (AvgIpc) is 2.30. The fraction of sp³-hybridized carbons (Fsp3) is 1.00. The van der Waals surface area contributed by atoms with Crippen molar-refractivity contribution in [3.63, 3.8) is 0 Å². The van der Waals surface area contributed by atoms with Crippen LogP contribution < -0.4 is 0 Å². The number of hydrogen-bond donors (Lipinski definition) is 4. The summed E-state index contributed by atoms with van der Waals surface area (Å²) in [4.78, 5) is 0. The first kappa shape index (κ1) is 17.7. The Kier molecular flexibility index (Phi) is 9.47. The molecule has 2 atom stereocenters. The van der Waals surface area contributed by atoms with Gasteiger partial charge in [0.1, 0.15) is 13.1 Å². The molecule has 1 aliphatic rings. The maximum atomic E-state index is 11.0. The van der Waals surface area contributed by atoms with Crippen LogP contribution in [-0.2, 0) is 4.74 Å². The highest BCUT2D eigenvalue weighted by Gasteiger charge is 2.14. The second kappa shape index (κ2) is 9.62. The number of hydrogen-bond acceptors (Lipinski definition) is 6. The van der Waals surface area contributed by atoms with Crippen LogP contribution in [0.25, 0.3) is 0 Å². The molecule has 1 aliphatic heterocycles. The van der Waals surface area contributed by atoms with E-state index in [0.29, 0.717) is 26.3 Å². The summed E-state index contributed by atoms with van der Waals surface area (Å²) in [5.41, 5.74) is 0. The Hall–Kier alpha value is -0.280. The fourth-order valence-electron chi connectivity index (χ4n) is 1.38. The number of likely N-dealkylation sites (N-methyl/N-ethyl adjacent to an activating group) is 1. The second-order valence-electron chi connectivity index (χ2n) is 4.52. The van der Waals surface area contributed by atoms with Gasteiger partial charge in [0, 0.05) is 13.2 Å². The summed E-state index contributed by atoms with van der Waals surface area (Å²) in [5, 5.41) is 45.5. The van der Waals surface area contributed by atoms with Crippen molar-refractivity contribution in [3.8, 4) is 0 Å². The van der Waals surface area contributed by atoms with Crippen LogP contribution in [0.2, 0.25) is 0 Å². The second-order valence-corrected chi connectivity index (χ2v) is 4.52. The third-order valence-electron chi connectivity index (χ3n) is 2.71. The standard InChI is InChI=1S/C6H14O4.C5H11NO2/c7-3-1-5(9)6(10)2-4-8;1-6(7)2-4-8-5-3-6/h5-10H,1-4H2;2-5H2,1H3. The van der Waals surface area contributed by atoms with E-state index in [1.165, 1.54) is 0 Å². The van der Waals surface area contributed by atoms with Gasteiger partial charge in [0.05, 0.1) is 32.5 Å². The Bertz CT molecular complexity index is 184. The summed E-state index contributed by atoms with van der Waals surface area (Å²) >= 11 is 0. The monoisotopic (exact) mass is 267 g/mol. The molecule has 0 amide bonds. The quantitative estimate of drug-likeness (QED) is 0.354. The van der Waals surface area contributed by atoms with Crippen LogP contribution in [0.5, 0.6) is 0 Å². The van der Waals surface area contributed by atoms with Crippen molar-refractivity contribution in [1.82, 2.24) is 0 Å². The molecule has 4 N–H and O–H groups in total. The molecule has 110 valence electrons. The van der Waals surface area contributed by atoms with Crippen LogP contribution in [0.1, 0.15) is 12.8 Å². The zero-order chi connectivity index (χ0) is 14.0. The Balaban J connectivity index is 0.000000327. The molecule has 1 saturated heterocycles. The topological polar surface area (TPSA) is 113 Å². The van der Waals surface area contributed by atoms with Gasteiger partial charge in [-0.1, -0.05) is 0 Å². The Morgan fingerprint density at radius 2 is 1.44 bits per heavy atom. The number of quaternary nitrogens is 1. The summed E-state index contributed by atoms with van der Waals surface area (Å²) in [7, 11) is 1.68. The zero-order valence-electron chi connectivity index (χ0n) is 10.9. The molecule has 7 heteroatoms. The van der Waals surface area contributed by atoms with E-state index in [1.54, 1.807) is 7.05 Å². The Morgan fingerprint density at radius 3 is 1.67 bits per heavy atom. The predicted molar refractivity (Wildman–Crippen MR) is 65.5 cm³/mol. The van der Waals surface area contributed by atoms with Crippen LogP contribution in [0, 0.1) is 5.21 Å². The van der Waals surface area contributed by atoms with E-state index in [-0.39, 0.29) is 30.7 Å². The first-order chi connectivity index (χ1) is 8.43. The van der Waals surface area contributed by atoms with Crippen molar-refractivity contribution in [2.75, 3.05) is 46.6 Å². The number of morpholine rings is 1. The Morgan fingerprint density at radius 1 is 1.06 bits per heavy atom. The van der Waals surface area contributed by atoms with Crippen molar-refractivity contribution in [2.45, 2.75) is 25.0 Å². The van der Waals surface area contributed by atoms with Gasteiger partial charge in [-0.05, 0) is 12.8 Å². The minimum atomic E-state index is -0.919. The summed E-state index contributed by atoms with van der Waals surface area (Å²) in [6.07, 6.45) is -1.53. The molecular formula is C11H25NO6. The Labute approximate surface area is 107 Å². The predicted octanol–water partition coefficient (Wildman–Crippen LogP) is -1.57. The molecule has 0 saturated carbocycles. The number of rotatable bonds is 5. The molecule has 0 aliphatic carbocycles. The molecule has 1 rings (SSSR count). The molecule has 2 unspecified atom stereocenters. The van der Waals surface area contributed by atoms with E-state index >= 15 is 0 Å². The molecule has 0 aromatic heterocycles. The van der Waals surface area contributed by atoms with Crippen molar-refractivity contribution in [1.29, 1.82) is 0 Å². The summed E-state index contributed by atoms with van der Waals surface area (Å²) in [6, 6.07) is 0. The van der Waals surface area contributed by atoms with Gasteiger partial charge >= 0.3 is 0 Å². The molecule has 0 radical (unpaired) electrons. The number of aliphatic hydroxyl groups excluding tert-OH is 4. The van der Waals surface area contributed by atoms with Crippen LogP contribution in [0.4, 0.5) is 0 Å². The molecule has 18 heavy (non-hydrogen) atoms. The minimum Gasteiger partial charge on any atom is -0.633 e. The van der Waals surface area contributed by atoms with Gasteiger partial charge in [0.2, 0.25) is 0 Å². The van der Waals surface area contributed by atoms with Crippen LogP contribution >= 0.6 is 0 Å². The van der Waals surface area contributed by atoms with Crippen LogP contribution in [0.3, 0.4) is 0 Å². The first-order valence-corrected chi connectivity index (χ1v) is 6.14. The largest absolute Gasteiger partial charge is 0.633 e. The van der Waals surface area contributed by atoms with Gasteiger partial charge in [-0.3, -0.25) is 0 Å². The zero-order valence-corrected chi connectivity index (χ0v) is 10.9. The lowest BCUT2D eigenvalue weighted by molar-refractivity contribution is -0.869. The third kappa shape index (κ3) is 8.76. The van der Waals surface area contributed by atoms with E-state index in [4.69, 9.17) is 25.2 Å². The molecule has 0 aromatic carbocycles. The van der Waals surface area contributed by atoms with Crippen LogP contribution in [-0.4, -0.2) is 83.8 Å². The molecule has 1 heterocycles. The lowest BCUT2D eigenvalue weighted by Crippen LogP contribution is -2.46. The number of aliphatic hydroxyl groups is 4. The molecule has 7 nitrogen and oxygen atoms in total. The lowest BCUT2D eigenvalue weighted by atomic mass is 10.1. The van der Waals surface area contributed by atoms with Crippen molar-refractivity contribution in [3.05, 3.63) is 5.21 Å². The summed E-state index contributed by atoms with van der Waals surface area (Å²) < 4.78 is 4.86. The molecule has 0 bridgehead atoms. The minimum absolute atomic E-state index is 0.125. The van der Waals surface area contributed by atoms with Crippen molar-refractivity contribution in [2.24, 2.45) is 0 Å². The molecule has 0 aromatic rings. The SMILES string of the molecule is C[N+]1([O-])CCOCC1.OCCC(O)C(O)CCO. The van der Waals surface area contributed by atoms with Gasteiger partial charge < -0.3 is 35.0 Å². The number of ether oxygens (including phenoxy) is 1. The smallest absolute Gasteiger partial charge is 0.102 e. The van der Waals surface area contributed by atoms with Gasteiger partial charge in [0.15, 0.2) is 0 Å². The van der Waals surface area contributed by atoms with E-state index in [1.807, 2.05) is 0 Å². The maximum Gasteiger partial charge on any atom is 0.102 e. The fourth-order valence-corrected chi connectivity index (χ4v) is 1.38. The van der Waals surface area contributed by atoms with Gasteiger partial charge in [-0.15, -0.1) is 0 Å². The molecular weight excluding hydrogens is 242 g/mol. The third-order valence-corrected chi connectivity index (χ3v) is 2.71. The number of nitrogens with zero attached hydrogens (tertiary/aromatic N) is 1. The van der Waals surface area contributed by atoms with E-state index in [9.17, 15) is 5.21 Å². The summed E-state index contributed by atoms with van der Waals surface area (Å²) in [5.74, 6) is 0. The van der Waals surface area contributed by atoms with Crippen molar-refractivity contribution >= 4 is 0 Å².